The largest absolute Gasteiger partial charge is 0.414 e. The predicted molar refractivity (Wildman–Crippen MR) is 22.2 cm³/mol. The molecule has 1 unspecified atom stereocenters. The van der Waals surface area contributed by atoms with E-state index in [2.05, 4.69) is 11.7 Å². The van der Waals surface area contributed by atoms with Gasteiger partial charge in [0, 0.05) is 7.11 Å². The molecule has 0 rings (SSSR count). The minimum Gasteiger partial charge on any atom is -0.372 e. The van der Waals surface area contributed by atoms with Gasteiger partial charge in [-0.05, 0) is 6.92 Å². The molecular weight excluding hydrogens is 121 g/mol. The first kappa shape index (κ1) is 7.75. The molecule has 1 atom stereocenters. The molecule has 0 fully saturated rings. The van der Waals surface area contributed by atoms with E-state index in [1.54, 1.807) is 0 Å². The Balaban J connectivity index is 3.62. The summed E-state index contributed by atoms with van der Waals surface area (Å²) in [6, 6.07) is 0. The highest BCUT2D eigenvalue weighted by atomic mass is 19.4. The fraction of sp³-hybridized carbons (Fsp3) is 0.750. The van der Waals surface area contributed by atoms with Crippen LogP contribution in [0, 0.1) is 6.92 Å². The Hall–Kier alpha value is -0.250. The summed E-state index contributed by atoms with van der Waals surface area (Å²) in [6.07, 6.45) is -6.23. The first-order valence-electron chi connectivity index (χ1n) is 1.91. The molecule has 0 spiro atoms. The van der Waals surface area contributed by atoms with E-state index in [9.17, 15) is 13.2 Å². The number of ether oxygens (including phenoxy) is 1. The molecule has 0 amide bonds. The molecule has 0 N–H and O–H groups in total. The predicted octanol–water partition coefficient (Wildman–Crippen LogP) is 1.40. The Morgan fingerprint density at radius 2 is 1.88 bits per heavy atom. The van der Waals surface area contributed by atoms with Crippen LogP contribution in [0.1, 0.15) is 0 Å². The third-order valence-electron chi connectivity index (χ3n) is 0.650. The van der Waals surface area contributed by atoms with Gasteiger partial charge in [-0.3, -0.25) is 0 Å². The third kappa shape index (κ3) is 2.16. The summed E-state index contributed by atoms with van der Waals surface area (Å²) in [4.78, 5) is 0. The van der Waals surface area contributed by atoms with Crippen molar-refractivity contribution in [1.29, 1.82) is 0 Å². The molecule has 0 aliphatic rings. The molecule has 0 aromatic heterocycles. The molecule has 49 valence electrons. The number of halogens is 3. The second-order valence-corrected chi connectivity index (χ2v) is 1.27. The van der Waals surface area contributed by atoms with Crippen LogP contribution in [0.5, 0.6) is 0 Å². The molecule has 0 saturated carbocycles. The molecule has 0 heterocycles. The van der Waals surface area contributed by atoms with Gasteiger partial charge in [0.05, 0.1) is 0 Å². The van der Waals surface area contributed by atoms with Crippen LogP contribution in [0.4, 0.5) is 13.2 Å². The van der Waals surface area contributed by atoms with Crippen molar-refractivity contribution in [3.63, 3.8) is 0 Å². The molecule has 0 saturated heterocycles. The summed E-state index contributed by atoms with van der Waals surface area (Å²) < 4.78 is 37.7. The second-order valence-electron chi connectivity index (χ2n) is 1.27. The van der Waals surface area contributed by atoms with Gasteiger partial charge >= 0.3 is 6.18 Å². The first-order valence-corrected chi connectivity index (χ1v) is 1.91. The van der Waals surface area contributed by atoms with Gasteiger partial charge in [0.2, 0.25) is 0 Å². The standard InChI is InChI=1S/C4H6F3O/c1-3(8-2)4(5,6)7/h3H,1H2,2H3. The van der Waals surface area contributed by atoms with Crippen molar-refractivity contribution in [2.24, 2.45) is 0 Å². The zero-order chi connectivity index (χ0) is 6.78. The van der Waals surface area contributed by atoms with Gasteiger partial charge in [-0.15, -0.1) is 0 Å². The molecule has 0 bridgehead atoms. The van der Waals surface area contributed by atoms with Gasteiger partial charge in [0.1, 0.15) is 0 Å². The number of hydrogen-bond acceptors (Lipinski definition) is 1. The molecule has 0 aliphatic heterocycles. The van der Waals surface area contributed by atoms with E-state index in [-0.39, 0.29) is 0 Å². The monoisotopic (exact) mass is 127 g/mol. The van der Waals surface area contributed by atoms with Gasteiger partial charge in [-0.2, -0.15) is 13.2 Å². The lowest BCUT2D eigenvalue weighted by Crippen LogP contribution is -2.27. The highest BCUT2D eigenvalue weighted by molar-refractivity contribution is 4.67. The van der Waals surface area contributed by atoms with Gasteiger partial charge in [0.15, 0.2) is 6.10 Å². The van der Waals surface area contributed by atoms with Crippen LogP contribution in [0.15, 0.2) is 0 Å². The van der Waals surface area contributed by atoms with Crippen LogP contribution in [-0.2, 0) is 4.74 Å². The maximum Gasteiger partial charge on any atom is 0.414 e. The fourth-order valence-corrected chi connectivity index (χ4v) is 0.134. The van der Waals surface area contributed by atoms with Crippen molar-refractivity contribution in [3.8, 4) is 0 Å². The molecule has 8 heavy (non-hydrogen) atoms. The van der Waals surface area contributed by atoms with Crippen LogP contribution >= 0.6 is 0 Å². The lowest BCUT2D eigenvalue weighted by molar-refractivity contribution is -0.197. The summed E-state index contributed by atoms with van der Waals surface area (Å²) in [6.45, 7) is 2.68. The molecule has 0 aromatic carbocycles. The van der Waals surface area contributed by atoms with Gasteiger partial charge < -0.3 is 4.74 Å². The summed E-state index contributed by atoms with van der Waals surface area (Å²) in [5.41, 5.74) is 0. The number of methoxy groups -OCH3 is 1. The molecular formula is C4H6F3O. The number of hydrogen-bond donors (Lipinski definition) is 0. The van der Waals surface area contributed by atoms with Crippen molar-refractivity contribution >= 4 is 0 Å². The summed E-state index contributed by atoms with van der Waals surface area (Å²) in [7, 11) is 0.963. The van der Waals surface area contributed by atoms with Crippen LogP contribution in [0.2, 0.25) is 0 Å². The quantitative estimate of drug-likeness (QED) is 0.517. The van der Waals surface area contributed by atoms with Crippen LogP contribution in [0.3, 0.4) is 0 Å². The summed E-state index contributed by atoms with van der Waals surface area (Å²) >= 11 is 0. The highest BCUT2D eigenvalue weighted by Gasteiger charge is 2.35. The van der Waals surface area contributed by atoms with E-state index in [0.717, 1.165) is 7.11 Å². The van der Waals surface area contributed by atoms with Crippen LogP contribution in [0.25, 0.3) is 0 Å². The minimum absolute atomic E-state index is 0.963. The van der Waals surface area contributed by atoms with E-state index >= 15 is 0 Å². The Morgan fingerprint density at radius 1 is 1.50 bits per heavy atom. The average Bonchev–Trinajstić information content (AvgIpc) is 1.62. The lowest BCUT2D eigenvalue weighted by atomic mass is 10.4. The molecule has 1 radical (unpaired) electrons. The average molecular weight is 127 g/mol. The molecule has 0 aliphatic carbocycles. The Morgan fingerprint density at radius 3 is 1.88 bits per heavy atom. The lowest BCUT2D eigenvalue weighted by Gasteiger charge is -2.11. The molecule has 0 aromatic rings. The topological polar surface area (TPSA) is 9.23 Å². The SMILES string of the molecule is [CH2]C(OC)C(F)(F)F. The summed E-state index contributed by atoms with van der Waals surface area (Å²) in [5, 5.41) is 0. The minimum atomic E-state index is -4.32. The smallest absolute Gasteiger partial charge is 0.372 e. The van der Waals surface area contributed by atoms with Crippen molar-refractivity contribution in [1.82, 2.24) is 0 Å². The maximum absolute atomic E-state index is 11.3. The van der Waals surface area contributed by atoms with Crippen molar-refractivity contribution in [3.05, 3.63) is 6.92 Å². The second kappa shape index (κ2) is 2.35. The number of rotatable bonds is 1. The van der Waals surface area contributed by atoms with Crippen molar-refractivity contribution < 1.29 is 17.9 Å². The normalized spacial score (nSPS) is 16.1. The van der Waals surface area contributed by atoms with Gasteiger partial charge in [0.25, 0.3) is 0 Å². The van der Waals surface area contributed by atoms with Crippen LogP contribution in [-0.4, -0.2) is 19.4 Å². The Kier molecular flexibility index (Phi) is 2.27. The Labute approximate surface area is 45.4 Å². The van der Waals surface area contributed by atoms with Gasteiger partial charge in [-0.25, -0.2) is 0 Å². The third-order valence-corrected chi connectivity index (χ3v) is 0.650. The van der Waals surface area contributed by atoms with E-state index < -0.39 is 12.3 Å². The van der Waals surface area contributed by atoms with Crippen molar-refractivity contribution in [2.45, 2.75) is 12.3 Å². The maximum atomic E-state index is 11.3. The molecule has 4 heteroatoms. The molecule has 1 nitrogen and oxygen atoms in total. The van der Waals surface area contributed by atoms with Crippen molar-refractivity contribution in [2.75, 3.05) is 7.11 Å². The Bertz CT molecular complexity index is 68.2. The number of alkyl halides is 3. The zero-order valence-electron chi connectivity index (χ0n) is 4.33. The van der Waals surface area contributed by atoms with Gasteiger partial charge in [-0.1, -0.05) is 0 Å². The van der Waals surface area contributed by atoms with Crippen LogP contribution < -0.4 is 0 Å². The van der Waals surface area contributed by atoms with E-state index in [1.165, 1.54) is 0 Å². The van der Waals surface area contributed by atoms with E-state index in [0.29, 0.717) is 0 Å². The highest BCUT2D eigenvalue weighted by Crippen LogP contribution is 2.20. The fourth-order valence-electron chi connectivity index (χ4n) is 0.134. The van der Waals surface area contributed by atoms with E-state index in [1.807, 2.05) is 0 Å². The summed E-state index contributed by atoms with van der Waals surface area (Å²) in [5.74, 6) is 0. The first-order chi connectivity index (χ1) is 3.48. The van der Waals surface area contributed by atoms with E-state index in [4.69, 9.17) is 0 Å². The zero-order valence-corrected chi connectivity index (χ0v) is 4.33.